The van der Waals surface area contributed by atoms with Gasteiger partial charge >= 0.3 is 11.7 Å². The number of hydrogen-bond donors (Lipinski definition) is 1. The average molecular weight is 406 g/mol. The van der Waals surface area contributed by atoms with Crippen molar-refractivity contribution in [3.8, 4) is 5.75 Å². The van der Waals surface area contributed by atoms with Crippen LogP contribution in [0.5, 0.6) is 5.75 Å². The number of carbonyl (C=O) groups is 2. The molecule has 9 heteroatoms. The van der Waals surface area contributed by atoms with Crippen molar-refractivity contribution in [1.82, 2.24) is 0 Å². The summed E-state index contributed by atoms with van der Waals surface area (Å²) in [5.74, 6) is -0.691. The van der Waals surface area contributed by atoms with Gasteiger partial charge in [0, 0.05) is 6.07 Å². The van der Waals surface area contributed by atoms with Crippen molar-refractivity contribution >= 4 is 33.9 Å². The molecule has 1 amide bonds. The highest BCUT2D eigenvalue weighted by molar-refractivity contribution is 7.15. The third-order valence-electron chi connectivity index (χ3n) is 3.65. The minimum atomic E-state index is -0.580. The third-order valence-corrected chi connectivity index (χ3v) is 4.59. The lowest BCUT2D eigenvalue weighted by molar-refractivity contribution is -0.385. The number of anilines is 1. The van der Waals surface area contributed by atoms with Crippen LogP contribution in [-0.4, -0.2) is 30.0 Å². The molecule has 0 bridgehead atoms. The molecule has 0 aliphatic heterocycles. The summed E-state index contributed by atoms with van der Waals surface area (Å²) in [4.78, 5) is 35.0. The number of para-hydroxylation sites is 2. The second-order valence-electron chi connectivity index (χ2n) is 6.35. The minimum Gasteiger partial charge on any atom is -0.477 e. The van der Waals surface area contributed by atoms with Crippen molar-refractivity contribution in [3.05, 3.63) is 50.9 Å². The number of hydrogen-bond acceptors (Lipinski definition) is 7. The van der Waals surface area contributed by atoms with Gasteiger partial charge in [0.05, 0.1) is 17.1 Å². The Balaban J connectivity index is 2.12. The average Bonchev–Trinajstić information content (AvgIpc) is 3.01. The fourth-order valence-corrected chi connectivity index (χ4v) is 3.52. The Morgan fingerprint density at radius 2 is 2.00 bits per heavy atom. The highest BCUT2D eigenvalue weighted by Crippen LogP contribution is 2.31. The third kappa shape index (κ3) is 5.53. The molecule has 0 aliphatic rings. The lowest BCUT2D eigenvalue weighted by atomic mass is 10.0. The fourth-order valence-electron chi connectivity index (χ4n) is 2.54. The second kappa shape index (κ2) is 9.84. The summed E-state index contributed by atoms with van der Waals surface area (Å²) >= 11 is 1.23. The first kappa shape index (κ1) is 21.4. The molecule has 0 aliphatic carbocycles. The number of esters is 1. The Hall–Kier alpha value is -2.94. The first-order valence-corrected chi connectivity index (χ1v) is 9.65. The molecule has 1 N–H and O–H groups in total. The van der Waals surface area contributed by atoms with Crippen LogP contribution in [0, 0.1) is 16.0 Å². The molecule has 0 fully saturated rings. The Morgan fingerprint density at radius 1 is 1.29 bits per heavy atom. The van der Waals surface area contributed by atoms with Crippen LogP contribution in [0.2, 0.25) is 0 Å². The smallest absolute Gasteiger partial charge is 0.341 e. The van der Waals surface area contributed by atoms with Crippen LogP contribution in [0.15, 0.2) is 29.6 Å². The van der Waals surface area contributed by atoms with E-state index in [0.29, 0.717) is 22.9 Å². The summed E-state index contributed by atoms with van der Waals surface area (Å²) in [5, 5.41) is 15.9. The monoisotopic (exact) mass is 406 g/mol. The Labute approximate surface area is 166 Å². The number of carbonyl (C=O) groups excluding carboxylic acids is 2. The number of nitro groups is 1. The zero-order valence-corrected chi connectivity index (χ0v) is 16.7. The Morgan fingerprint density at radius 3 is 2.64 bits per heavy atom. The lowest BCUT2D eigenvalue weighted by Crippen LogP contribution is -2.21. The number of amides is 1. The van der Waals surface area contributed by atoms with E-state index in [1.165, 1.54) is 29.5 Å². The van der Waals surface area contributed by atoms with E-state index in [2.05, 4.69) is 5.32 Å². The summed E-state index contributed by atoms with van der Waals surface area (Å²) in [6.07, 6.45) is 0.674. The molecular weight excluding hydrogens is 384 g/mol. The van der Waals surface area contributed by atoms with Gasteiger partial charge in [0.2, 0.25) is 0 Å². The first-order valence-electron chi connectivity index (χ1n) is 8.77. The molecule has 0 unspecified atom stereocenters. The number of thiophene rings is 1. The van der Waals surface area contributed by atoms with E-state index in [9.17, 15) is 19.7 Å². The molecular formula is C19H22N2O6S. The molecule has 8 nitrogen and oxygen atoms in total. The highest BCUT2D eigenvalue weighted by atomic mass is 32.1. The molecule has 0 saturated heterocycles. The van der Waals surface area contributed by atoms with Crippen LogP contribution < -0.4 is 10.1 Å². The van der Waals surface area contributed by atoms with Gasteiger partial charge in [-0.05, 0) is 36.3 Å². The lowest BCUT2D eigenvalue weighted by Gasteiger charge is -2.10. The van der Waals surface area contributed by atoms with E-state index < -0.39 is 23.4 Å². The van der Waals surface area contributed by atoms with Crippen molar-refractivity contribution in [3.63, 3.8) is 0 Å². The van der Waals surface area contributed by atoms with Crippen LogP contribution in [0.25, 0.3) is 0 Å². The molecule has 2 aromatic rings. The zero-order chi connectivity index (χ0) is 20.7. The molecule has 0 saturated carbocycles. The van der Waals surface area contributed by atoms with E-state index in [-0.39, 0.29) is 18.0 Å². The maximum atomic E-state index is 12.3. The first-order chi connectivity index (χ1) is 13.3. The standard InChI is InChI=1S/C19H22N2O6S/c1-4-26-19(23)17-13(9-12(2)3)11-28-18(17)20-16(22)10-27-15-8-6-5-7-14(15)21(24)25/h5-8,11-12H,4,9-10H2,1-3H3,(H,20,22). The van der Waals surface area contributed by atoms with Gasteiger partial charge in [0.15, 0.2) is 12.4 Å². The van der Waals surface area contributed by atoms with Crippen LogP contribution in [-0.2, 0) is 16.0 Å². The maximum Gasteiger partial charge on any atom is 0.341 e. The van der Waals surface area contributed by atoms with Crippen molar-refractivity contribution in [1.29, 1.82) is 0 Å². The van der Waals surface area contributed by atoms with Gasteiger partial charge in [-0.15, -0.1) is 11.3 Å². The van der Waals surface area contributed by atoms with Gasteiger partial charge in [0.25, 0.3) is 5.91 Å². The van der Waals surface area contributed by atoms with Crippen LogP contribution in [0.1, 0.15) is 36.7 Å². The normalized spacial score (nSPS) is 10.6. The second-order valence-corrected chi connectivity index (χ2v) is 7.22. The molecule has 28 heavy (non-hydrogen) atoms. The number of ether oxygens (including phenoxy) is 2. The molecule has 1 heterocycles. The van der Waals surface area contributed by atoms with Crippen molar-refractivity contribution in [2.24, 2.45) is 5.92 Å². The minimum absolute atomic E-state index is 0.0000532. The van der Waals surface area contributed by atoms with Gasteiger partial charge in [-0.2, -0.15) is 0 Å². The summed E-state index contributed by atoms with van der Waals surface area (Å²) < 4.78 is 10.4. The number of nitrogens with zero attached hydrogens (tertiary/aromatic N) is 1. The van der Waals surface area contributed by atoms with Gasteiger partial charge in [-0.25, -0.2) is 4.79 Å². The topological polar surface area (TPSA) is 108 Å². The van der Waals surface area contributed by atoms with E-state index >= 15 is 0 Å². The Kier molecular flexibility index (Phi) is 7.51. The predicted molar refractivity (Wildman–Crippen MR) is 106 cm³/mol. The van der Waals surface area contributed by atoms with Crippen molar-refractivity contribution < 1.29 is 24.0 Å². The largest absolute Gasteiger partial charge is 0.477 e. The summed E-state index contributed by atoms with van der Waals surface area (Å²) in [5.41, 5.74) is 0.936. The van der Waals surface area contributed by atoms with E-state index in [1.54, 1.807) is 13.0 Å². The number of nitrogens with one attached hydrogen (secondary N) is 1. The number of nitro benzene ring substituents is 1. The summed E-state index contributed by atoms with van der Waals surface area (Å²) in [7, 11) is 0. The summed E-state index contributed by atoms with van der Waals surface area (Å²) in [6.45, 7) is 5.58. The molecule has 1 aromatic heterocycles. The Bertz CT molecular complexity index is 862. The summed E-state index contributed by atoms with van der Waals surface area (Å²) in [6, 6.07) is 5.81. The van der Waals surface area contributed by atoms with Crippen LogP contribution >= 0.6 is 11.3 Å². The van der Waals surface area contributed by atoms with E-state index in [1.807, 2.05) is 19.2 Å². The van der Waals surface area contributed by atoms with Gasteiger partial charge in [0.1, 0.15) is 5.00 Å². The number of benzene rings is 1. The zero-order valence-electron chi connectivity index (χ0n) is 15.9. The SMILES string of the molecule is CCOC(=O)c1c(CC(C)C)csc1NC(=O)COc1ccccc1[N+](=O)[O-]. The molecule has 0 spiro atoms. The van der Waals surface area contributed by atoms with Crippen molar-refractivity contribution in [2.75, 3.05) is 18.5 Å². The van der Waals surface area contributed by atoms with E-state index in [0.717, 1.165) is 5.56 Å². The molecule has 0 atom stereocenters. The number of rotatable bonds is 9. The van der Waals surface area contributed by atoms with Crippen molar-refractivity contribution in [2.45, 2.75) is 27.2 Å². The fraction of sp³-hybridized carbons (Fsp3) is 0.368. The highest BCUT2D eigenvalue weighted by Gasteiger charge is 2.23. The molecule has 150 valence electrons. The van der Waals surface area contributed by atoms with Crippen LogP contribution in [0.3, 0.4) is 0 Å². The van der Waals surface area contributed by atoms with Gasteiger partial charge in [-0.3, -0.25) is 14.9 Å². The molecule has 1 aromatic carbocycles. The van der Waals surface area contributed by atoms with E-state index in [4.69, 9.17) is 9.47 Å². The maximum absolute atomic E-state index is 12.3. The molecule has 0 radical (unpaired) electrons. The molecule has 2 rings (SSSR count). The quantitative estimate of drug-likeness (QED) is 0.382. The van der Waals surface area contributed by atoms with Gasteiger partial charge < -0.3 is 14.8 Å². The van der Waals surface area contributed by atoms with Crippen LogP contribution in [0.4, 0.5) is 10.7 Å². The van der Waals surface area contributed by atoms with Gasteiger partial charge in [-0.1, -0.05) is 26.0 Å². The predicted octanol–water partition coefficient (Wildman–Crippen LogP) is 4.05.